The number of ether oxygens (including phenoxy) is 3. The molecule has 1 aromatic carbocycles. The van der Waals surface area contributed by atoms with Gasteiger partial charge in [-0.1, -0.05) is 39.0 Å². The van der Waals surface area contributed by atoms with Crippen LogP contribution >= 0.6 is 0 Å². The second kappa shape index (κ2) is 8.18. The first kappa shape index (κ1) is 16.0. The average Bonchev–Trinajstić information content (AvgIpc) is 2.37. The van der Waals surface area contributed by atoms with Crippen LogP contribution in [0.3, 0.4) is 0 Å². The molecular formula is C16H26O3. The van der Waals surface area contributed by atoms with Crippen molar-refractivity contribution >= 4 is 0 Å². The second-order valence-electron chi connectivity index (χ2n) is 5.55. The Hall–Kier alpha value is -1.06. The first-order valence-electron chi connectivity index (χ1n) is 6.84. The maximum Gasteiger partial charge on any atom is 0.123 e. The standard InChI is InChI=1S/C16H26O3/c1-16(2,3)14-8-5-6-9-15(14)19-13-12-18-11-7-10-17-4/h5-6,8-9H,7,10-13H2,1-4H3. The van der Waals surface area contributed by atoms with E-state index in [1.807, 2.05) is 12.1 Å². The van der Waals surface area contributed by atoms with Gasteiger partial charge in [0.05, 0.1) is 6.61 Å². The Balaban J connectivity index is 2.33. The highest BCUT2D eigenvalue weighted by Gasteiger charge is 2.18. The molecule has 0 saturated heterocycles. The molecule has 0 atom stereocenters. The van der Waals surface area contributed by atoms with Gasteiger partial charge in [0, 0.05) is 20.3 Å². The third-order valence-electron chi connectivity index (χ3n) is 2.82. The smallest absolute Gasteiger partial charge is 0.123 e. The van der Waals surface area contributed by atoms with Gasteiger partial charge in [-0.3, -0.25) is 0 Å². The number of benzene rings is 1. The molecule has 0 aromatic heterocycles. The van der Waals surface area contributed by atoms with Crippen molar-refractivity contribution in [2.24, 2.45) is 0 Å². The van der Waals surface area contributed by atoms with Crippen LogP contribution in [0.1, 0.15) is 32.8 Å². The van der Waals surface area contributed by atoms with Crippen LogP contribution in [0.15, 0.2) is 24.3 Å². The van der Waals surface area contributed by atoms with Gasteiger partial charge in [-0.25, -0.2) is 0 Å². The first-order chi connectivity index (χ1) is 9.05. The molecule has 19 heavy (non-hydrogen) atoms. The molecule has 0 aliphatic rings. The zero-order valence-electron chi connectivity index (χ0n) is 12.6. The van der Waals surface area contributed by atoms with E-state index in [4.69, 9.17) is 14.2 Å². The van der Waals surface area contributed by atoms with E-state index in [2.05, 4.69) is 32.9 Å². The molecular weight excluding hydrogens is 240 g/mol. The summed E-state index contributed by atoms with van der Waals surface area (Å²) in [6, 6.07) is 8.19. The summed E-state index contributed by atoms with van der Waals surface area (Å²) in [5.74, 6) is 0.954. The first-order valence-corrected chi connectivity index (χ1v) is 6.84. The summed E-state index contributed by atoms with van der Waals surface area (Å²) >= 11 is 0. The lowest BCUT2D eigenvalue weighted by atomic mass is 9.86. The predicted molar refractivity (Wildman–Crippen MR) is 77.9 cm³/mol. The summed E-state index contributed by atoms with van der Waals surface area (Å²) in [6.07, 6.45) is 0.926. The van der Waals surface area contributed by atoms with E-state index in [9.17, 15) is 0 Å². The Morgan fingerprint density at radius 3 is 2.37 bits per heavy atom. The van der Waals surface area contributed by atoms with Crippen LogP contribution in [-0.4, -0.2) is 33.5 Å². The minimum absolute atomic E-state index is 0.0932. The van der Waals surface area contributed by atoms with Crippen molar-refractivity contribution in [1.82, 2.24) is 0 Å². The molecule has 0 N–H and O–H groups in total. The van der Waals surface area contributed by atoms with Gasteiger partial charge in [0.2, 0.25) is 0 Å². The molecule has 3 nitrogen and oxygen atoms in total. The lowest BCUT2D eigenvalue weighted by molar-refractivity contribution is 0.0802. The highest BCUT2D eigenvalue weighted by Crippen LogP contribution is 2.30. The fourth-order valence-corrected chi connectivity index (χ4v) is 1.83. The fraction of sp³-hybridized carbons (Fsp3) is 0.625. The zero-order valence-corrected chi connectivity index (χ0v) is 12.6. The highest BCUT2D eigenvalue weighted by atomic mass is 16.5. The third-order valence-corrected chi connectivity index (χ3v) is 2.82. The quantitative estimate of drug-likeness (QED) is 0.675. The molecule has 0 saturated carbocycles. The fourth-order valence-electron chi connectivity index (χ4n) is 1.83. The Kier molecular flexibility index (Phi) is 6.89. The molecule has 0 radical (unpaired) electrons. The molecule has 0 amide bonds. The van der Waals surface area contributed by atoms with Crippen LogP contribution in [0.4, 0.5) is 0 Å². The monoisotopic (exact) mass is 266 g/mol. The molecule has 3 heteroatoms. The number of hydrogen-bond acceptors (Lipinski definition) is 3. The van der Waals surface area contributed by atoms with Crippen LogP contribution in [0.2, 0.25) is 0 Å². The van der Waals surface area contributed by atoms with Crippen molar-refractivity contribution in [3.8, 4) is 5.75 Å². The second-order valence-corrected chi connectivity index (χ2v) is 5.55. The number of rotatable bonds is 8. The Labute approximate surface area is 116 Å². The summed E-state index contributed by atoms with van der Waals surface area (Å²) in [6.45, 7) is 9.23. The van der Waals surface area contributed by atoms with E-state index in [-0.39, 0.29) is 5.41 Å². The van der Waals surface area contributed by atoms with E-state index >= 15 is 0 Å². The van der Waals surface area contributed by atoms with Crippen molar-refractivity contribution < 1.29 is 14.2 Å². The summed E-state index contributed by atoms with van der Waals surface area (Å²) < 4.78 is 16.3. The van der Waals surface area contributed by atoms with Crippen LogP contribution in [0.5, 0.6) is 5.75 Å². The Morgan fingerprint density at radius 1 is 0.947 bits per heavy atom. The molecule has 0 aliphatic heterocycles. The van der Waals surface area contributed by atoms with Crippen LogP contribution in [0.25, 0.3) is 0 Å². The molecule has 1 aromatic rings. The molecule has 0 unspecified atom stereocenters. The topological polar surface area (TPSA) is 27.7 Å². The predicted octanol–water partition coefficient (Wildman–Crippen LogP) is 3.42. The molecule has 0 bridgehead atoms. The van der Waals surface area contributed by atoms with Crippen molar-refractivity contribution in [3.63, 3.8) is 0 Å². The molecule has 0 heterocycles. The minimum Gasteiger partial charge on any atom is -0.491 e. The van der Waals surface area contributed by atoms with Gasteiger partial charge in [-0.05, 0) is 23.5 Å². The average molecular weight is 266 g/mol. The largest absolute Gasteiger partial charge is 0.491 e. The SMILES string of the molecule is COCCCOCCOc1ccccc1C(C)(C)C. The highest BCUT2D eigenvalue weighted by molar-refractivity contribution is 5.38. The lowest BCUT2D eigenvalue weighted by Crippen LogP contribution is -2.15. The Bertz CT molecular complexity index is 355. The number of para-hydroxylation sites is 1. The normalized spacial score (nSPS) is 11.6. The minimum atomic E-state index is 0.0932. The maximum absolute atomic E-state index is 5.81. The number of hydrogen-bond donors (Lipinski definition) is 0. The van der Waals surface area contributed by atoms with Gasteiger partial charge >= 0.3 is 0 Å². The molecule has 0 fully saturated rings. The maximum atomic E-state index is 5.81. The van der Waals surface area contributed by atoms with Crippen LogP contribution < -0.4 is 4.74 Å². The van der Waals surface area contributed by atoms with Crippen molar-refractivity contribution in [3.05, 3.63) is 29.8 Å². The molecule has 0 aliphatic carbocycles. The Morgan fingerprint density at radius 2 is 1.68 bits per heavy atom. The summed E-state index contributed by atoms with van der Waals surface area (Å²) in [7, 11) is 1.70. The summed E-state index contributed by atoms with van der Waals surface area (Å²) in [5, 5.41) is 0. The van der Waals surface area contributed by atoms with E-state index < -0.39 is 0 Å². The van der Waals surface area contributed by atoms with Crippen LogP contribution in [-0.2, 0) is 14.9 Å². The van der Waals surface area contributed by atoms with Crippen molar-refractivity contribution in [1.29, 1.82) is 0 Å². The van der Waals surface area contributed by atoms with Gasteiger partial charge in [0.15, 0.2) is 0 Å². The van der Waals surface area contributed by atoms with Crippen molar-refractivity contribution in [2.75, 3.05) is 33.5 Å². The van der Waals surface area contributed by atoms with Crippen LogP contribution in [0, 0.1) is 0 Å². The van der Waals surface area contributed by atoms with E-state index in [0.29, 0.717) is 13.2 Å². The lowest BCUT2D eigenvalue weighted by Gasteiger charge is -2.22. The molecule has 0 spiro atoms. The number of methoxy groups -OCH3 is 1. The van der Waals surface area contributed by atoms with Gasteiger partial charge in [0.1, 0.15) is 12.4 Å². The zero-order chi connectivity index (χ0) is 14.1. The summed E-state index contributed by atoms with van der Waals surface area (Å²) in [5.41, 5.74) is 1.32. The van der Waals surface area contributed by atoms with E-state index in [1.165, 1.54) is 5.56 Å². The van der Waals surface area contributed by atoms with Crippen molar-refractivity contribution in [2.45, 2.75) is 32.6 Å². The molecule has 108 valence electrons. The van der Waals surface area contributed by atoms with Gasteiger partial charge in [-0.2, -0.15) is 0 Å². The third kappa shape index (κ3) is 6.08. The van der Waals surface area contributed by atoms with Gasteiger partial charge < -0.3 is 14.2 Å². The van der Waals surface area contributed by atoms with E-state index in [1.54, 1.807) is 7.11 Å². The summed E-state index contributed by atoms with van der Waals surface area (Å²) in [4.78, 5) is 0. The van der Waals surface area contributed by atoms with Gasteiger partial charge in [-0.15, -0.1) is 0 Å². The van der Waals surface area contributed by atoms with E-state index in [0.717, 1.165) is 25.4 Å². The molecule has 1 rings (SSSR count). The van der Waals surface area contributed by atoms with Gasteiger partial charge in [0.25, 0.3) is 0 Å².